The predicted octanol–water partition coefficient (Wildman–Crippen LogP) is 3.98. The number of nitrogens with one attached hydrogen (secondary N) is 1. The van der Waals surface area contributed by atoms with Gasteiger partial charge in [-0.3, -0.25) is 14.9 Å². The topological polar surface area (TPSA) is 106 Å². The maximum absolute atomic E-state index is 13.4. The summed E-state index contributed by atoms with van der Waals surface area (Å²) in [5.41, 5.74) is 2.46. The van der Waals surface area contributed by atoms with Crippen molar-refractivity contribution in [3.05, 3.63) is 69.4 Å². The molecule has 1 amide bonds. The van der Waals surface area contributed by atoms with Crippen molar-refractivity contribution >= 4 is 34.2 Å². The van der Waals surface area contributed by atoms with E-state index in [0.717, 1.165) is 23.0 Å². The van der Waals surface area contributed by atoms with Crippen LogP contribution in [-0.2, 0) is 4.79 Å². The van der Waals surface area contributed by atoms with E-state index in [1.165, 1.54) is 24.3 Å². The summed E-state index contributed by atoms with van der Waals surface area (Å²) in [4.78, 5) is 30.6. The smallest absolute Gasteiger partial charge is 0.269 e. The molecule has 1 atom stereocenters. The van der Waals surface area contributed by atoms with Crippen LogP contribution in [0.1, 0.15) is 18.5 Å². The van der Waals surface area contributed by atoms with E-state index < -0.39 is 4.92 Å². The van der Waals surface area contributed by atoms with Crippen LogP contribution in [0.15, 0.2) is 58.7 Å². The van der Waals surface area contributed by atoms with Gasteiger partial charge in [0, 0.05) is 30.1 Å². The molecule has 2 heterocycles. The summed E-state index contributed by atoms with van der Waals surface area (Å²) >= 11 is 1.66. The molecule has 1 fully saturated rings. The molecule has 0 saturated carbocycles. The number of rotatable bonds is 6. The number of methoxy groups -OCH3 is 2. The van der Waals surface area contributed by atoms with Gasteiger partial charge in [0.25, 0.3) is 11.6 Å². The highest BCUT2D eigenvalue weighted by atomic mass is 32.2. The number of aliphatic imine (C=N–C) groups is 1. The number of amidine groups is 1. The number of anilines is 1. The number of non-ortho nitro benzene ring substituents is 1. The van der Waals surface area contributed by atoms with Crippen LogP contribution < -0.4 is 14.8 Å². The summed E-state index contributed by atoms with van der Waals surface area (Å²) in [6.07, 6.45) is 0. The van der Waals surface area contributed by atoms with E-state index in [1.54, 1.807) is 26.0 Å². The fraction of sp³-hybridized carbons (Fsp3) is 0.273. The SMILES string of the molecule is COc1ccc(C2C(C(=O)Nc3ccc([N+](=O)[O-])cc3)=C(C)N=C3SCCN32)cc1OC. The Balaban J connectivity index is 1.71. The minimum atomic E-state index is -0.478. The standard InChI is InChI=1S/C22H22N4O5S/c1-13-19(21(27)24-15-5-7-16(8-6-15)26(28)29)20(25-10-11-32-22(25)23-13)14-4-9-17(30-2)18(12-14)31-3/h4-9,12,20H,10-11H2,1-3H3,(H,24,27). The highest BCUT2D eigenvalue weighted by Crippen LogP contribution is 2.42. The lowest BCUT2D eigenvalue weighted by atomic mass is 9.93. The second-order valence-corrected chi connectivity index (χ2v) is 8.27. The molecular weight excluding hydrogens is 432 g/mol. The lowest BCUT2D eigenvalue weighted by Gasteiger charge is -2.35. The number of fused-ring (bicyclic) bond motifs is 1. The summed E-state index contributed by atoms with van der Waals surface area (Å²) < 4.78 is 10.8. The molecule has 32 heavy (non-hydrogen) atoms. The molecule has 1 N–H and O–H groups in total. The Labute approximate surface area is 189 Å². The molecule has 166 valence electrons. The Morgan fingerprint density at radius 1 is 1.19 bits per heavy atom. The Kier molecular flexibility index (Phi) is 6.04. The Morgan fingerprint density at radius 2 is 1.91 bits per heavy atom. The molecule has 1 saturated heterocycles. The number of allylic oxidation sites excluding steroid dienone is 1. The van der Waals surface area contributed by atoms with Crippen molar-refractivity contribution in [1.29, 1.82) is 0 Å². The van der Waals surface area contributed by atoms with E-state index in [-0.39, 0.29) is 17.6 Å². The van der Waals surface area contributed by atoms with Crippen molar-refractivity contribution in [3.8, 4) is 11.5 Å². The normalized spacial score (nSPS) is 17.5. The third-order valence-electron chi connectivity index (χ3n) is 5.35. The van der Waals surface area contributed by atoms with Crippen LogP contribution in [0.2, 0.25) is 0 Å². The van der Waals surface area contributed by atoms with Crippen molar-refractivity contribution in [2.75, 3.05) is 31.8 Å². The number of nitro groups is 1. The predicted molar refractivity (Wildman–Crippen MR) is 123 cm³/mol. The lowest BCUT2D eigenvalue weighted by Crippen LogP contribution is -2.37. The molecule has 4 rings (SSSR count). The van der Waals surface area contributed by atoms with Gasteiger partial charge >= 0.3 is 0 Å². The van der Waals surface area contributed by atoms with Crippen LogP contribution >= 0.6 is 11.8 Å². The van der Waals surface area contributed by atoms with Crippen molar-refractivity contribution in [3.63, 3.8) is 0 Å². The van der Waals surface area contributed by atoms with E-state index in [1.807, 2.05) is 25.1 Å². The lowest BCUT2D eigenvalue weighted by molar-refractivity contribution is -0.384. The number of benzene rings is 2. The number of carbonyl (C=O) groups excluding carboxylic acids is 1. The molecule has 1 unspecified atom stereocenters. The molecule has 0 radical (unpaired) electrons. The molecule has 10 heteroatoms. The highest BCUT2D eigenvalue weighted by Gasteiger charge is 2.38. The maximum Gasteiger partial charge on any atom is 0.269 e. The molecular formula is C22H22N4O5S. The summed E-state index contributed by atoms with van der Waals surface area (Å²) in [6.45, 7) is 2.58. The first-order chi connectivity index (χ1) is 15.4. The average Bonchev–Trinajstić information content (AvgIpc) is 3.25. The summed E-state index contributed by atoms with van der Waals surface area (Å²) in [5.74, 6) is 1.76. The molecule has 2 aliphatic rings. The monoisotopic (exact) mass is 454 g/mol. The Morgan fingerprint density at radius 3 is 2.56 bits per heavy atom. The highest BCUT2D eigenvalue weighted by molar-refractivity contribution is 8.14. The van der Waals surface area contributed by atoms with E-state index >= 15 is 0 Å². The van der Waals surface area contributed by atoms with Gasteiger partial charge in [-0.25, -0.2) is 4.99 Å². The average molecular weight is 455 g/mol. The number of thioether (sulfide) groups is 1. The number of nitrogens with zero attached hydrogens (tertiary/aromatic N) is 3. The van der Waals surface area contributed by atoms with E-state index in [4.69, 9.17) is 9.47 Å². The summed E-state index contributed by atoms with van der Waals surface area (Å²) in [6, 6.07) is 11.0. The van der Waals surface area contributed by atoms with Gasteiger partial charge in [0.2, 0.25) is 0 Å². The first-order valence-corrected chi connectivity index (χ1v) is 10.9. The number of nitro benzene ring substituents is 1. The van der Waals surface area contributed by atoms with Gasteiger partial charge in [0.1, 0.15) is 0 Å². The Hall–Kier alpha value is -3.53. The fourth-order valence-electron chi connectivity index (χ4n) is 3.83. The van der Waals surface area contributed by atoms with Gasteiger partial charge in [-0.2, -0.15) is 0 Å². The molecule has 0 aliphatic carbocycles. The van der Waals surface area contributed by atoms with Crippen LogP contribution in [0.25, 0.3) is 0 Å². The second-order valence-electron chi connectivity index (χ2n) is 7.21. The zero-order valence-electron chi connectivity index (χ0n) is 17.8. The van der Waals surface area contributed by atoms with E-state index in [2.05, 4.69) is 15.2 Å². The number of hydrogen-bond acceptors (Lipinski definition) is 8. The Bertz CT molecular complexity index is 1130. The number of hydrogen-bond donors (Lipinski definition) is 1. The fourth-order valence-corrected chi connectivity index (χ4v) is 4.86. The number of carbonyl (C=O) groups is 1. The van der Waals surface area contributed by atoms with Crippen LogP contribution in [0.4, 0.5) is 11.4 Å². The molecule has 0 aromatic heterocycles. The van der Waals surface area contributed by atoms with Gasteiger partial charge in [-0.15, -0.1) is 0 Å². The third-order valence-corrected chi connectivity index (χ3v) is 6.32. The van der Waals surface area contributed by atoms with Gasteiger partial charge in [-0.1, -0.05) is 17.8 Å². The molecule has 0 spiro atoms. The summed E-state index contributed by atoms with van der Waals surface area (Å²) in [5, 5.41) is 14.6. The number of ether oxygens (including phenoxy) is 2. The first-order valence-electron chi connectivity index (χ1n) is 9.89. The largest absolute Gasteiger partial charge is 0.493 e. The summed E-state index contributed by atoms with van der Waals surface area (Å²) in [7, 11) is 3.15. The first kappa shape index (κ1) is 21.7. The van der Waals surface area contributed by atoms with Gasteiger partial charge in [0.05, 0.1) is 36.5 Å². The molecule has 2 aromatic rings. The zero-order chi connectivity index (χ0) is 22.8. The van der Waals surface area contributed by atoms with Gasteiger partial charge in [-0.05, 0) is 36.8 Å². The molecule has 9 nitrogen and oxygen atoms in total. The van der Waals surface area contributed by atoms with Crippen LogP contribution in [0.3, 0.4) is 0 Å². The quantitative estimate of drug-likeness (QED) is 0.520. The minimum absolute atomic E-state index is 0.0393. The molecule has 2 aliphatic heterocycles. The maximum atomic E-state index is 13.4. The second kappa shape index (κ2) is 8.91. The van der Waals surface area contributed by atoms with E-state index in [0.29, 0.717) is 28.5 Å². The zero-order valence-corrected chi connectivity index (χ0v) is 18.6. The molecule has 0 bridgehead atoms. The van der Waals surface area contributed by atoms with Crippen molar-refractivity contribution in [2.24, 2.45) is 4.99 Å². The van der Waals surface area contributed by atoms with Crippen molar-refractivity contribution in [2.45, 2.75) is 13.0 Å². The minimum Gasteiger partial charge on any atom is -0.493 e. The van der Waals surface area contributed by atoms with Gasteiger partial charge < -0.3 is 19.7 Å². The van der Waals surface area contributed by atoms with Crippen molar-refractivity contribution in [1.82, 2.24) is 4.90 Å². The van der Waals surface area contributed by atoms with Crippen LogP contribution in [0, 0.1) is 10.1 Å². The van der Waals surface area contributed by atoms with E-state index in [9.17, 15) is 14.9 Å². The van der Waals surface area contributed by atoms with Crippen LogP contribution in [-0.4, -0.2) is 47.4 Å². The van der Waals surface area contributed by atoms with Gasteiger partial charge in [0.15, 0.2) is 16.7 Å². The number of amides is 1. The van der Waals surface area contributed by atoms with Crippen molar-refractivity contribution < 1.29 is 19.2 Å². The van der Waals surface area contributed by atoms with Crippen LogP contribution in [0.5, 0.6) is 11.5 Å². The third kappa shape index (κ3) is 4.01. The molecule has 2 aromatic carbocycles.